The Labute approximate surface area is 199 Å². The van der Waals surface area contributed by atoms with Crippen molar-refractivity contribution in [1.29, 1.82) is 0 Å². The van der Waals surface area contributed by atoms with Crippen molar-refractivity contribution in [3.05, 3.63) is 53.1 Å². The highest BCUT2D eigenvalue weighted by Gasteiger charge is 2.37. The molecule has 0 aliphatic carbocycles. The number of benzene rings is 2. The molecule has 2 aromatic carbocycles. The van der Waals surface area contributed by atoms with Crippen molar-refractivity contribution >= 4 is 33.5 Å². The molecule has 0 spiro atoms. The molecule has 1 amide bonds. The van der Waals surface area contributed by atoms with Gasteiger partial charge in [-0.2, -0.15) is 0 Å². The van der Waals surface area contributed by atoms with Crippen molar-refractivity contribution in [3.63, 3.8) is 0 Å². The van der Waals surface area contributed by atoms with Crippen LogP contribution in [0.15, 0.2) is 36.4 Å². The molecule has 9 nitrogen and oxygen atoms in total. The number of anilines is 1. The predicted molar refractivity (Wildman–Crippen MR) is 127 cm³/mol. The third-order valence-electron chi connectivity index (χ3n) is 5.51. The third-order valence-corrected chi connectivity index (χ3v) is 7.09. The topological polar surface area (TPSA) is 119 Å². The van der Waals surface area contributed by atoms with E-state index in [2.05, 4.69) is 5.32 Å². The fourth-order valence-corrected chi connectivity index (χ4v) is 5.47. The summed E-state index contributed by atoms with van der Waals surface area (Å²) in [6.45, 7) is 3.93. The number of nitrogens with zero attached hydrogens (tertiary/aromatic N) is 1. The number of fused-ring (bicyclic) bond motifs is 1. The molecule has 182 valence electrons. The number of ether oxygens (including phenoxy) is 2. The van der Waals surface area contributed by atoms with Gasteiger partial charge in [0.15, 0.2) is 27.6 Å². The highest BCUT2D eigenvalue weighted by Crippen LogP contribution is 2.39. The van der Waals surface area contributed by atoms with Gasteiger partial charge in [-0.25, -0.2) is 8.42 Å². The Balaban J connectivity index is 1.78. The van der Waals surface area contributed by atoms with E-state index in [9.17, 15) is 22.8 Å². The molecular formula is C24H28N2O7S. The van der Waals surface area contributed by atoms with Crippen molar-refractivity contribution in [3.8, 4) is 11.5 Å². The van der Waals surface area contributed by atoms with Crippen LogP contribution in [0.3, 0.4) is 0 Å². The lowest BCUT2D eigenvalue weighted by Gasteiger charge is -2.23. The molecule has 0 bridgehead atoms. The fraction of sp³-hybridized carbons (Fsp3) is 0.375. The van der Waals surface area contributed by atoms with Crippen LogP contribution in [0, 0.1) is 0 Å². The van der Waals surface area contributed by atoms with Gasteiger partial charge in [0.2, 0.25) is 11.7 Å². The third kappa shape index (κ3) is 5.81. The Morgan fingerprint density at radius 3 is 2.62 bits per heavy atom. The summed E-state index contributed by atoms with van der Waals surface area (Å²) in [5, 5.41) is 2.69. The average Bonchev–Trinajstić information content (AvgIpc) is 3.17. The van der Waals surface area contributed by atoms with Crippen LogP contribution in [0.1, 0.15) is 36.6 Å². The summed E-state index contributed by atoms with van der Waals surface area (Å²) in [5.41, 5.74) is 2.30. The number of aldehydes is 1. The highest BCUT2D eigenvalue weighted by molar-refractivity contribution is 7.90. The predicted octanol–water partition coefficient (Wildman–Crippen LogP) is 2.29. The molecule has 1 atom stereocenters. The number of carbonyl (C=O) groups excluding carboxylic acids is 3. The molecule has 1 aliphatic heterocycles. The minimum atomic E-state index is -3.55. The molecular weight excluding hydrogens is 460 g/mol. The van der Waals surface area contributed by atoms with Crippen LogP contribution >= 0.6 is 0 Å². The second kappa shape index (κ2) is 10.8. The fourth-order valence-electron chi connectivity index (χ4n) is 4.12. The first-order chi connectivity index (χ1) is 16.2. The van der Waals surface area contributed by atoms with Gasteiger partial charge in [0.25, 0.3) is 0 Å². The van der Waals surface area contributed by atoms with Crippen molar-refractivity contribution in [1.82, 2.24) is 4.90 Å². The average molecular weight is 489 g/mol. The van der Waals surface area contributed by atoms with Gasteiger partial charge in [-0.15, -0.1) is 0 Å². The van der Waals surface area contributed by atoms with Crippen LogP contribution in [-0.2, 0) is 36.5 Å². The summed E-state index contributed by atoms with van der Waals surface area (Å²) in [4.78, 5) is 37.1. The summed E-state index contributed by atoms with van der Waals surface area (Å²) < 4.78 is 36.6. The standard InChI is InChI=1S/C24H28N2O7S/c1-4-33-22-12-17(8-9-21(22)32-3)15-34(30,31)11-10-26-13-18-6-5-7-19(25-16(2)28)23(18)24(26)20(29)14-27/h5-9,12,14,24H,4,10-11,13,15H2,1-3H3,(H,25,28). The second-order valence-electron chi connectivity index (χ2n) is 7.96. The molecule has 1 unspecified atom stereocenters. The number of Topliss-reactive ketones (excluding diaryl/α,β-unsaturated/α-hetero) is 1. The maximum Gasteiger partial charge on any atom is 0.221 e. The maximum atomic E-state index is 12.9. The largest absolute Gasteiger partial charge is 0.493 e. The van der Waals surface area contributed by atoms with Gasteiger partial charge in [-0.05, 0) is 36.2 Å². The van der Waals surface area contributed by atoms with Gasteiger partial charge in [0.1, 0.15) is 6.04 Å². The molecule has 1 heterocycles. The van der Waals surface area contributed by atoms with Crippen LogP contribution in [0.25, 0.3) is 0 Å². The van der Waals surface area contributed by atoms with Gasteiger partial charge in [-0.3, -0.25) is 19.3 Å². The van der Waals surface area contributed by atoms with Gasteiger partial charge >= 0.3 is 0 Å². The van der Waals surface area contributed by atoms with E-state index in [1.54, 1.807) is 41.3 Å². The normalized spacial score (nSPS) is 15.4. The van der Waals surface area contributed by atoms with Crippen molar-refractivity contribution < 1.29 is 32.3 Å². The van der Waals surface area contributed by atoms with Gasteiger partial charge in [0.05, 0.1) is 25.2 Å². The van der Waals surface area contributed by atoms with Crippen LogP contribution in [0.5, 0.6) is 11.5 Å². The van der Waals surface area contributed by atoms with Crippen molar-refractivity contribution in [2.75, 3.05) is 31.3 Å². The molecule has 1 N–H and O–H groups in total. The number of amides is 1. The van der Waals surface area contributed by atoms with E-state index in [1.807, 2.05) is 6.92 Å². The van der Waals surface area contributed by atoms with Crippen molar-refractivity contribution in [2.24, 2.45) is 0 Å². The SMILES string of the molecule is CCOc1cc(CS(=O)(=O)CCN2Cc3cccc(NC(C)=O)c3C2C(=O)C=O)ccc1OC. The number of carbonyl (C=O) groups is 3. The Morgan fingerprint density at radius 1 is 1.21 bits per heavy atom. The minimum Gasteiger partial charge on any atom is -0.493 e. The number of rotatable bonds is 11. The number of hydrogen-bond acceptors (Lipinski definition) is 8. The summed E-state index contributed by atoms with van der Waals surface area (Å²) in [7, 11) is -2.04. The maximum absolute atomic E-state index is 12.9. The molecule has 10 heteroatoms. The molecule has 0 saturated heterocycles. The summed E-state index contributed by atoms with van der Waals surface area (Å²) in [6.07, 6.45) is 0.235. The number of sulfone groups is 1. The molecule has 3 rings (SSSR count). The Hall–Kier alpha value is -3.24. The number of ketones is 1. The Kier molecular flexibility index (Phi) is 8.06. The molecule has 0 aromatic heterocycles. The number of methoxy groups -OCH3 is 1. The van der Waals surface area contributed by atoms with Gasteiger partial charge in [-0.1, -0.05) is 18.2 Å². The van der Waals surface area contributed by atoms with Gasteiger partial charge in [0, 0.05) is 31.3 Å². The lowest BCUT2D eigenvalue weighted by Crippen LogP contribution is -2.33. The van der Waals surface area contributed by atoms with E-state index in [0.717, 1.165) is 5.56 Å². The number of nitrogens with one attached hydrogen (secondary N) is 1. The van der Waals surface area contributed by atoms with E-state index >= 15 is 0 Å². The van der Waals surface area contributed by atoms with E-state index in [0.29, 0.717) is 41.5 Å². The minimum absolute atomic E-state index is 0.0508. The van der Waals surface area contributed by atoms with Crippen LogP contribution in [0.2, 0.25) is 0 Å². The summed E-state index contributed by atoms with van der Waals surface area (Å²) >= 11 is 0. The molecule has 1 aliphatic rings. The van der Waals surface area contributed by atoms with E-state index in [1.165, 1.54) is 14.0 Å². The molecule has 34 heavy (non-hydrogen) atoms. The highest BCUT2D eigenvalue weighted by atomic mass is 32.2. The Morgan fingerprint density at radius 2 is 1.97 bits per heavy atom. The number of hydrogen-bond donors (Lipinski definition) is 1. The lowest BCUT2D eigenvalue weighted by molar-refractivity contribution is -0.133. The van der Waals surface area contributed by atoms with E-state index < -0.39 is 21.7 Å². The van der Waals surface area contributed by atoms with E-state index in [4.69, 9.17) is 9.47 Å². The van der Waals surface area contributed by atoms with Crippen molar-refractivity contribution in [2.45, 2.75) is 32.2 Å². The lowest BCUT2D eigenvalue weighted by atomic mass is 9.99. The summed E-state index contributed by atoms with van der Waals surface area (Å²) in [6, 6.07) is 9.23. The van der Waals surface area contributed by atoms with Crippen LogP contribution < -0.4 is 14.8 Å². The zero-order chi connectivity index (χ0) is 24.9. The first-order valence-electron chi connectivity index (χ1n) is 10.8. The molecule has 0 fully saturated rings. The molecule has 2 aromatic rings. The smallest absolute Gasteiger partial charge is 0.221 e. The zero-order valence-corrected chi connectivity index (χ0v) is 20.2. The monoisotopic (exact) mass is 488 g/mol. The zero-order valence-electron chi connectivity index (χ0n) is 19.4. The van der Waals surface area contributed by atoms with E-state index in [-0.39, 0.29) is 30.2 Å². The summed E-state index contributed by atoms with van der Waals surface area (Å²) in [5.74, 6) is -0.433. The molecule has 0 saturated carbocycles. The first kappa shape index (κ1) is 25.4. The second-order valence-corrected chi connectivity index (χ2v) is 10.1. The van der Waals surface area contributed by atoms with Crippen LogP contribution in [-0.4, -0.2) is 57.3 Å². The van der Waals surface area contributed by atoms with Gasteiger partial charge < -0.3 is 14.8 Å². The first-order valence-corrected chi connectivity index (χ1v) is 12.6. The quantitative estimate of drug-likeness (QED) is 0.378. The molecule has 0 radical (unpaired) electrons. The Bertz CT molecular complexity index is 1190. The van der Waals surface area contributed by atoms with Crippen LogP contribution in [0.4, 0.5) is 5.69 Å².